The Kier molecular flexibility index (Phi) is 6.61. The SMILES string of the molecule is CCCCNC(=O)CSc1nc(-c2cccs2)cc(C(F)(F)F)n1. The number of thioether (sulfide) groups is 1. The third kappa shape index (κ3) is 5.48. The summed E-state index contributed by atoms with van der Waals surface area (Å²) in [5.74, 6) is -0.262. The molecule has 130 valence electrons. The largest absolute Gasteiger partial charge is 0.433 e. The van der Waals surface area contributed by atoms with E-state index < -0.39 is 11.9 Å². The normalized spacial score (nSPS) is 11.5. The minimum atomic E-state index is -4.56. The smallest absolute Gasteiger partial charge is 0.355 e. The highest BCUT2D eigenvalue weighted by Crippen LogP contribution is 2.33. The van der Waals surface area contributed by atoms with Gasteiger partial charge in [0.25, 0.3) is 0 Å². The van der Waals surface area contributed by atoms with Crippen molar-refractivity contribution in [2.24, 2.45) is 0 Å². The lowest BCUT2D eigenvalue weighted by atomic mass is 10.3. The van der Waals surface area contributed by atoms with E-state index in [4.69, 9.17) is 0 Å². The number of alkyl halides is 3. The highest BCUT2D eigenvalue weighted by molar-refractivity contribution is 7.99. The van der Waals surface area contributed by atoms with Gasteiger partial charge in [-0.1, -0.05) is 31.2 Å². The topological polar surface area (TPSA) is 54.9 Å². The van der Waals surface area contributed by atoms with E-state index in [9.17, 15) is 18.0 Å². The van der Waals surface area contributed by atoms with Crippen molar-refractivity contribution in [2.45, 2.75) is 31.1 Å². The fourth-order valence-electron chi connectivity index (χ4n) is 1.77. The number of halogens is 3. The predicted molar refractivity (Wildman–Crippen MR) is 89.0 cm³/mol. The summed E-state index contributed by atoms with van der Waals surface area (Å²) in [4.78, 5) is 20.0. The predicted octanol–water partition coefficient (Wildman–Crippen LogP) is 4.23. The molecular weight excluding hydrogens is 359 g/mol. The molecule has 0 aromatic carbocycles. The Morgan fingerprint density at radius 1 is 1.38 bits per heavy atom. The zero-order valence-corrected chi connectivity index (χ0v) is 14.5. The van der Waals surface area contributed by atoms with Gasteiger partial charge in [-0.15, -0.1) is 11.3 Å². The third-order valence-corrected chi connectivity index (χ3v) is 4.69. The number of nitrogens with zero attached hydrogens (tertiary/aromatic N) is 2. The molecule has 24 heavy (non-hydrogen) atoms. The molecule has 0 spiro atoms. The highest BCUT2D eigenvalue weighted by Gasteiger charge is 2.34. The molecule has 0 fully saturated rings. The quantitative estimate of drug-likeness (QED) is 0.447. The van der Waals surface area contributed by atoms with E-state index in [0.29, 0.717) is 11.4 Å². The van der Waals surface area contributed by atoms with Crippen LogP contribution in [0.5, 0.6) is 0 Å². The second-order valence-electron chi connectivity index (χ2n) is 4.89. The molecule has 9 heteroatoms. The van der Waals surface area contributed by atoms with Crippen LogP contribution in [0.2, 0.25) is 0 Å². The van der Waals surface area contributed by atoms with E-state index in [1.807, 2.05) is 6.92 Å². The monoisotopic (exact) mass is 375 g/mol. The zero-order valence-electron chi connectivity index (χ0n) is 12.9. The van der Waals surface area contributed by atoms with E-state index in [-0.39, 0.29) is 22.5 Å². The second kappa shape index (κ2) is 8.48. The number of aromatic nitrogens is 2. The molecule has 1 amide bonds. The summed E-state index contributed by atoms with van der Waals surface area (Å²) < 4.78 is 39.1. The van der Waals surface area contributed by atoms with Gasteiger partial charge < -0.3 is 5.32 Å². The molecule has 0 saturated carbocycles. The number of nitrogens with one attached hydrogen (secondary N) is 1. The maximum atomic E-state index is 13.0. The van der Waals surface area contributed by atoms with Crippen LogP contribution in [0, 0.1) is 0 Å². The van der Waals surface area contributed by atoms with Crippen LogP contribution in [0.15, 0.2) is 28.7 Å². The lowest BCUT2D eigenvalue weighted by Crippen LogP contribution is -2.26. The maximum absolute atomic E-state index is 13.0. The summed E-state index contributed by atoms with van der Waals surface area (Å²) in [6, 6.07) is 4.36. The van der Waals surface area contributed by atoms with Crippen LogP contribution in [0.4, 0.5) is 13.2 Å². The fraction of sp³-hybridized carbons (Fsp3) is 0.400. The Balaban J connectivity index is 2.14. The number of thiophene rings is 1. The zero-order chi connectivity index (χ0) is 17.6. The highest BCUT2D eigenvalue weighted by atomic mass is 32.2. The number of hydrogen-bond acceptors (Lipinski definition) is 5. The molecule has 0 unspecified atom stereocenters. The minimum Gasteiger partial charge on any atom is -0.355 e. The molecular formula is C15H16F3N3OS2. The van der Waals surface area contributed by atoms with Gasteiger partial charge in [0, 0.05) is 6.54 Å². The van der Waals surface area contributed by atoms with Gasteiger partial charge in [0.1, 0.15) is 5.69 Å². The van der Waals surface area contributed by atoms with Crippen molar-refractivity contribution in [3.05, 3.63) is 29.3 Å². The van der Waals surface area contributed by atoms with Gasteiger partial charge in [-0.2, -0.15) is 13.2 Å². The van der Waals surface area contributed by atoms with Gasteiger partial charge >= 0.3 is 6.18 Å². The van der Waals surface area contributed by atoms with E-state index in [0.717, 1.165) is 30.7 Å². The molecule has 2 aromatic rings. The van der Waals surface area contributed by atoms with Crippen LogP contribution < -0.4 is 5.32 Å². The van der Waals surface area contributed by atoms with Gasteiger partial charge in [-0.3, -0.25) is 4.79 Å². The second-order valence-corrected chi connectivity index (χ2v) is 6.78. The van der Waals surface area contributed by atoms with Crippen molar-refractivity contribution in [1.82, 2.24) is 15.3 Å². The number of unbranched alkanes of at least 4 members (excludes halogenated alkanes) is 1. The number of rotatable bonds is 7. The van der Waals surface area contributed by atoms with Crippen LogP contribution in [0.1, 0.15) is 25.5 Å². The molecule has 0 bridgehead atoms. The molecule has 2 aromatic heterocycles. The van der Waals surface area contributed by atoms with Crippen molar-refractivity contribution >= 4 is 29.0 Å². The summed E-state index contributed by atoms with van der Waals surface area (Å²) >= 11 is 2.19. The van der Waals surface area contributed by atoms with Gasteiger partial charge in [0.2, 0.25) is 5.91 Å². The first-order valence-corrected chi connectivity index (χ1v) is 9.16. The summed E-state index contributed by atoms with van der Waals surface area (Å²) in [5, 5.41) is 4.41. The summed E-state index contributed by atoms with van der Waals surface area (Å²) in [6.07, 6.45) is -2.75. The van der Waals surface area contributed by atoms with Gasteiger partial charge in [-0.25, -0.2) is 9.97 Å². The number of hydrogen-bond donors (Lipinski definition) is 1. The Morgan fingerprint density at radius 3 is 2.79 bits per heavy atom. The lowest BCUT2D eigenvalue weighted by Gasteiger charge is -2.09. The Labute approximate surface area is 145 Å². The van der Waals surface area contributed by atoms with Crippen molar-refractivity contribution in [3.8, 4) is 10.6 Å². The molecule has 2 rings (SSSR count). The first-order chi connectivity index (χ1) is 11.4. The molecule has 4 nitrogen and oxygen atoms in total. The summed E-state index contributed by atoms with van der Waals surface area (Å²) in [5.41, 5.74) is -0.795. The van der Waals surface area contributed by atoms with Crippen LogP contribution in [-0.4, -0.2) is 28.2 Å². The Bertz CT molecular complexity index is 675. The lowest BCUT2D eigenvalue weighted by molar-refractivity contribution is -0.141. The fourth-order valence-corrected chi connectivity index (χ4v) is 3.15. The number of carbonyl (C=O) groups excluding carboxylic acids is 1. The Hall–Kier alpha value is -1.61. The van der Waals surface area contributed by atoms with E-state index in [1.54, 1.807) is 17.5 Å². The standard InChI is InChI=1S/C15H16F3N3OS2/c1-2-3-6-19-13(22)9-24-14-20-10(11-5-4-7-23-11)8-12(21-14)15(16,17)18/h4-5,7-8H,2-3,6,9H2,1H3,(H,19,22). The van der Waals surface area contributed by atoms with Gasteiger partial charge in [-0.05, 0) is 23.9 Å². The first-order valence-electron chi connectivity index (χ1n) is 7.30. The summed E-state index contributed by atoms with van der Waals surface area (Å²) in [7, 11) is 0. The van der Waals surface area contributed by atoms with Crippen LogP contribution in [-0.2, 0) is 11.0 Å². The first kappa shape index (κ1) is 18.7. The van der Waals surface area contributed by atoms with Gasteiger partial charge in [0.15, 0.2) is 5.16 Å². The average Bonchev–Trinajstić information content (AvgIpc) is 3.06. The summed E-state index contributed by atoms with van der Waals surface area (Å²) in [6.45, 7) is 2.56. The molecule has 0 aliphatic heterocycles. The minimum absolute atomic E-state index is 0.0189. The molecule has 2 heterocycles. The van der Waals surface area contributed by atoms with Crippen molar-refractivity contribution < 1.29 is 18.0 Å². The molecule has 0 aliphatic rings. The number of carbonyl (C=O) groups is 1. The molecule has 0 saturated heterocycles. The third-order valence-electron chi connectivity index (χ3n) is 2.95. The molecule has 1 N–H and O–H groups in total. The van der Waals surface area contributed by atoms with Crippen LogP contribution >= 0.6 is 23.1 Å². The molecule has 0 atom stereocenters. The maximum Gasteiger partial charge on any atom is 0.433 e. The average molecular weight is 375 g/mol. The molecule has 0 radical (unpaired) electrons. The van der Waals surface area contributed by atoms with Crippen molar-refractivity contribution in [3.63, 3.8) is 0 Å². The van der Waals surface area contributed by atoms with E-state index in [1.165, 1.54) is 11.3 Å². The number of amides is 1. The van der Waals surface area contributed by atoms with Crippen molar-refractivity contribution in [1.29, 1.82) is 0 Å². The van der Waals surface area contributed by atoms with E-state index in [2.05, 4.69) is 15.3 Å². The van der Waals surface area contributed by atoms with Crippen LogP contribution in [0.3, 0.4) is 0 Å². The van der Waals surface area contributed by atoms with Crippen LogP contribution in [0.25, 0.3) is 10.6 Å². The van der Waals surface area contributed by atoms with Crippen molar-refractivity contribution in [2.75, 3.05) is 12.3 Å². The Morgan fingerprint density at radius 2 is 2.17 bits per heavy atom. The van der Waals surface area contributed by atoms with Gasteiger partial charge in [0.05, 0.1) is 16.3 Å². The molecule has 0 aliphatic carbocycles. The van der Waals surface area contributed by atoms with E-state index >= 15 is 0 Å².